The summed E-state index contributed by atoms with van der Waals surface area (Å²) in [5, 5.41) is 9.13. The number of carboxylic acid groups (broad SMARTS) is 1. The molecule has 0 spiro atoms. The van der Waals surface area contributed by atoms with Crippen LogP contribution in [-0.2, 0) is 4.79 Å². The fourth-order valence-corrected chi connectivity index (χ4v) is 0. The van der Waals surface area contributed by atoms with E-state index in [1.807, 2.05) is 0 Å². The quantitative estimate of drug-likeness (QED) is 0.499. The van der Waals surface area contributed by atoms with Gasteiger partial charge in [-0.2, -0.15) is 0 Å². The van der Waals surface area contributed by atoms with Crippen molar-refractivity contribution in [3.05, 3.63) is 0 Å². The van der Waals surface area contributed by atoms with Gasteiger partial charge in [-0.05, 0) is 0 Å². The first kappa shape index (κ1) is 11.4. The van der Waals surface area contributed by atoms with Gasteiger partial charge in [-0.25, -0.2) is 0 Å². The molecule has 0 unspecified atom stereocenters. The number of carboxylic acids is 1. The van der Waals surface area contributed by atoms with Crippen LogP contribution in [0.25, 0.3) is 0 Å². The Morgan fingerprint density at radius 3 is 1.88 bits per heavy atom. The van der Waals surface area contributed by atoms with Crippen molar-refractivity contribution in [1.82, 2.24) is 0 Å². The number of carbonyl (C=O) groups excluding carboxylic acids is 1. The van der Waals surface area contributed by atoms with Crippen LogP contribution >= 0.6 is 20.1 Å². The Hall–Kier alpha value is 0.542. The van der Waals surface area contributed by atoms with Crippen LogP contribution in [0.15, 0.2) is 0 Å². The molecule has 0 aromatic heterocycles. The third-order valence-electron chi connectivity index (χ3n) is 0.167. The third-order valence-corrected chi connectivity index (χ3v) is 0.167. The predicted octanol–water partition coefficient (Wildman–Crippen LogP) is -1.31. The molecule has 3 nitrogen and oxygen atoms in total. The van der Waals surface area contributed by atoms with Gasteiger partial charge in [-0.1, -0.05) is 0 Å². The first-order valence-corrected chi connectivity index (χ1v) is 5.10. The average Bonchev–Trinajstić information content (AvgIpc) is 1.69. The van der Waals surface area contributed by atoms with E-state index < -0.39 is 5.97 Å². The zero-order chi connectivity index (χ0) is 6.99. The Balaban J connectivity index is 0. The van der Waals surface area contributed by atoms with Crippen molar-refractivity contribution in [2.45, 2.75) is 0 Å². The minimum atomic E-state index is -1.22. The van der Waals surface area contributed by atoms with E-state index in [0.717, 1.165) is 0 Å². The van der Waals surface area contributed by atoms with Gasteiger partial charge < -0.3 is 15.6 Å². The van der Waals surface area contributed by atoms with Gasteiger partial charge in [0.05, 0.1) is 5.97 Å². The van der Waals surface area contributed by atoms with Gasteiger partial charge in [-0.3, -0.25) is 0 Å². The Kier molecular flexibility index (Phi) is 14.9. The molecular weight excluding hydrogens is 168 g/mol. The van der Waals surface area contributed by atoms with E-state index in [1.54, 1.807) is 0 Å². The first-order chi connectivity index (χ1) is 3.68. The SMILES string of the molecule is NCC(=O)[O-].[Cl][Al+][Cl]. The molecule has 0 aromatic carbocycles. The Morgan fingerprint density at radius 1 is 1.75 bits per heavy atom. The van der Waals surface area contributed by atoms with Gasteiger partial charge in [0.1, 0.15) is 0 Å². The van der Waals surface area contributed by atoms with E-state index in [2.05, 4.69) is 5.73 Å². The number of rotatable bonds is 1. The molecule has 8 heavy (non-hydrogen) atoms. The molecule has 46 valence electrons. The molecule has 0 bridgehead atoms. The maximum atomic E-state index is 9.13. The molecule has 0 saturated carbocycles. The molecule has 0 fully saturated rings. The molecule has 0 aliphatic heterocycles. The normalized spacial score (nSPS) is 5.88. The number of carbonyl (C=O) groups is 1. The molecule has 0 rings (SSSR count). The summed E-state index contributed by atoms with van der Waals surface area (Å²) in [6.07, 6.45) is 0. The van der Waals surface area contributed by atoms with E-state index in [-0.39, 0.29) is 19.9 Å². The molecule has 0 aromatic rings. The summed E-state index contributed by atoms with van der Waals surface area (Å²) in [7, 11) is 9.69. The first-order valence-electron chi connectivity index (χ1n) is 1.61. The van der Waals surface area contributed by atoms with E-state index in [9.17, 15) is 0 Å². The number of hydrogen-bond donors (Lipinski definition) is 1. The van der Waals surface area contributed by atoms with Crippen LogP contribution in [0.4, 0.5) is 0 Å². The molecule has 0 atom stereocenters. The zero-order valence-electron chi connectivity index (χ0n) is 3.93. The summed E-state index contributed by atoms with van der Waals surface area (Å²) < 4.78 is 0. The Morgan fingerprint density at radius 2 is 1.88 bits per heavy atom. The molecule has 0 aliphatic rings. The second-order valence-electron chi connectivity index (χ2n) is 0.659. The maximum absolute atomic E-state index is 9.13. The average molecular weight is 172 g/mol. The zero-order valence-corrected chi connectivity index (χ0v) is 6.60. The van der Waals surface area contributed by atoms with Crippen LogP contribution < -0.4 is 10.8 Å². The summed E-state index contributed by atoms with van der Waals surface area (Å²) in [6.45, 7) is -0.389. The predicted molar refractivity (Wildman–Crippen MR) is 31.5 cm³/mol. The molecule has 0 heterocycles. The van der Waals surface area contributed by atoms with Gasteiger partial charge in [0, 0.05) is 6.54 Å². The van der Waals surface area contributed by atoms with Crippen LogP contribution in [0.3, 0.4) is 0 Å². The molecule has 0 aliphatic carbocycles. The number of halogens is 2. The van der Waals surface area contributed by atoms with Crippen molar-refractivity contribution in [1.29, 1.82) is 0 Å². The number of hydrogen-bond acceptors (Lipinski definition) is 3. The topological polar surface area (TPSA) is 66.2 Å². The van der Waals surface area contributed by atoms with E-state index in [0.29, 0.717) is 0 Å². The van der Waals surface area contributed by atoms with Crippen molar-refractivity contribution in [3.63, 3.8) is 0 Å². The third kappa shape index (κ3) is 31.1. The fourth-order valence-electron chi connectivity index (χ4n) is 0. The Labute approximate surface area is 61.9 Å². The monoisotopic (exact) mass is 171 g/mol. The van der Waals surface area contributed by atoms with Crippen LogP contribution in [0, 0.1) is 0 Å². The van der Waals surface area contributed by atoms with Gasteiger partial charge in [0.25, 0.3) is 0 Å². The van der Waals surface area contributed by atoms with Crippen molar-refractivity contribution in [3.8, 4) is 0 Å². The van der Waals surface area contributed by atoms with Crippen LogP contribution in [0.5, 0.6) is 0 Å². The van der Waals surface area contributed by atoms with Crippen LogP contribution in [-0.4, -0.2) is 25.9 Å². The standard InChI is InChI=1S/C2H5NO2.Al.2ClH/c3-1-2(4)5;;;/h1,3H2,(H,4,5);;2*1H/q;+3;;/p-3. The van der Waals surface area contributed by atoms with Gasteiger partial charge in [0.15, 0.2) is 0 Å². The fraction of sp³-hybridized carbons (Fsp3) is 0.500. The molecule has 0 amide bonds. The van der Waals surface area contributed by atoms with E-state index in [4.69, 9.17) is 30.0 Å². The van der Waals surface area contributed by atoms with Crippen molar-refractivity contribution in [2.24, 2.45) is 5.73 Å². The van der Waals surface area contributed by atoms with Gasteiger partial charge in [-0.15, -0.1) is 0 Å². The van der Waals surface area contributed by atoms with E-state index >= 15 is 0 Å². The summed E-state index contributed by atoms with van der Waals surface area (Å²) in [5.74, 6) is -1.22. The van der Waals surface area contributed by atoms with Crippen molar-refractivity contribution >= 4 is 39.4 Å². The van der Waals surface area contributed by atoms with Crippen molar-refractivity contribution < 1.29 is 9.90 Å². The molecule has 0 saturated heterocycles. The summed E-state index contributed by atoms with van der Waals surface area (Å²) >= 11 is -0.306. The molecule has 0 radical (unpaired) electrons. The molecule has 2 N–H and O–H groups in total. The Bertz CT molecular complexity index is 62.0. The number of nitrogens with two attached hydrogens (primary N) is 1. The van der Waals surface area contributed by atoms with Crippen molar-refractivity contribution in [2.75, 3.05) is 6.54 Å². The van der Waals surface area contributed by atoms with Gasteiger partial charge >= 0.3 is 33.5 Å². The van der Waals surface area contributed by atoms with Crippen LogP contribution in [0.2, 0.25) is 0 Å². The molecular formula is C2H4AlCl2NO2. The van der Waals surface area contributed by atoms with Gasteiger partial charge in [0.2, 0.25) is 0 Å². The minimum absolute atomic E-state index is 0.306. The molecule has 6 heteroatoms. The van der Waals surface area contributed by atoms with E-state index in [1.165, 1.54) is 0 Å². The summed E-state index contributed by atoms with van der Waals surface area (Å²) in [5.41, 5.74) is 4.51. The second kappa shape index (κ2) is 10.5. The summed E-state index contributed by atoms with van der Waals surface area (Å²) in [4.78, 5) is 9.13. The second-order valence-corrected chi connectivity index (χ2v) is 2.80. The summed E-state index contributed by atoms with van der Waals surface area (Å²) in [6, 6.07) is 0. The van der Waals surface area contributed by atoms with Crippen LogP contribution in [0.1, 0.15) is 0 Å². The number of aliphatic carboxylic acids is 1.